The number of benzene rings is 1. The molecule has 0 aromatic heterocycles. The Morgan fingerprint density at radius 2 is 1.88 bits per heavy atom. The monoisotopic (exact) mass is 344 g/mol. The Morgan fingerprint density at radius 3 is 2.56 bits per heavy atom. The highest BCUT2D eigenvalue weighted by atomic mass is 16.1. The second kappa shape index (κ2) is 8.56. The van der Waals surface area contributed by atoms with Gasteiger partial charge in [0.05, 0.1) is 6.04 Å². The van der Waals surface area contributed by atoms with Crippen molar-refractivity contribution in [2.45, 2.75) is 45.1 Å². The van der Waals surface area contributed by atoms with E-state index in [4.69, 9.17) is 5.73 Å². The lowest BCUT2D eigenvalue weighted by molar-refractivity contribution is -0.122. The van der Waals surface area contributed by atoms with Gasteiger partial charge in [0.15, 0.2) is 0 Å². The van der Waals surface area contributed by atoms with Gasteiger partial charge in [0.2, 0.25) is 6.41 Å². The Kier molecular flexibility index (Phi) is 6.19. The molecule has 0 spiro atoms. The fourth-order valence-electron chi connectivity index (χ4n) is 4.20. The molecule has 1 amide bonds. The second-order valence-electron chi connectivity index (χ2n) is 7.38. The van der Waals surface area contributed by atoms with Crippen LogP contribution in [-0.4, -0.2) is 55.5 Å². The minimum atomic E-state index is 0.122. The summed E-state index contributed by atoms with van der Waals surface area (Å²) in [5, 5.41) is 0. The van der Waals surface area contributed by atoms with Crippen LogP contribution in [0.15, 0.2) is 18.2 Å². The first kappa shape index (κ1) is 18.1. The van der Waals surface area contributed by atoms with E-state index in [0.29, 0.717) is 0 Å². The molecule has 0 aliphatic carbocycles. The van der Waals surface area contributed by atoms with E-state index in [-0.39, 0.29) is 6.04 Å². The molecule has 5 heteroatoms. The molecule has 5 nitrogen and oxygen atoms in total. The van der Waals surface area contributed by atoms with Gasteiger partial charge in [-0.15, -0.1) is 0 Å². The number of carbonyl (C=O) groups excluding carboxylic acids is 1. The van der Waals surface area contributed by atoms with E-state index in [1.165, 1.54) is 36.9 Å². The van der Waals surface area contributed by atoms with Gasteiger partial charge in [-0.1, -0.05) is 25.8 Å². The largest absolute Gasteiger partial charge is 0.399 e. The van der Waals surface area contributed by atoms with Crippen LogP contribution in [0.4, 0.5) is 11.4 Å². The molecule has 1 aromatic rings. The molecule has 2 heterocycles. The summed E-state index contributed by atoms with van der Waals surface area (Å²) in [4.78, 5) is 18.6. The van der Waals surface area contributed by atoms with Crippen LogP contribution < -0.4 is 10.6 Å². The van der Waals surface area contributed by atoms with Crippen LogP contribution in [0, 0.1) is 0 Å². The van der Waals surface area contributed by atoms with Crippen LogP contribution >= 0.6 is 0 Å². The fraction of sp³-hybridized carbons (Fsp3) is 0.650. The van der Waals surface area contributed by atoms with Crippen LogP contribution in [0.1, 0.15) is 50.6 Å². The van der Waals surface area contributed by atoms with Crippen LogP contribution in [0.2, 0.25) is 0 Å². The molecule has 3 rings (SSSR count). The summed E-state index contributed by atoms with van der Waals surface area (Å²) < 4.78 is 0. The third-order valence-corrected chi connectivity index (χ3v) is 5.54. The number of hydrogen-bond donors (Lipinski definition) is 1. The molecular formula is C20H32N4O. The minimum Gasteiger partial charge on any atom is -0.399 e. The molecule has 138 valence electrons. The molecule has 2 saturated heterocycles. The quantitative estimate of drug-likeness (QED) is 0.659. The van der Waals surface area contributed by atoms with E-state index < -0.39 is 0 Å². The number of nitrogens with zero attached hydrogens (tertiary/aromatic N) is 3. The van der Waals surface area contributed by atoms with Crippen molar-refractivity contribution < 1.29 is 4.79 Å². The Morgan fingerprint density at radius 1 is 1.12 bits per heavy atom. The molecule has 0 saturated carbocycles. The molecule has 1 atom stereocenters. The number of rotatable bonds is 5. The lowest BCUT2D eigenvalue weighted by atomic mass is 9.99. The van der Waals surface area contributed by atoms with Crippen LogP contribution in [0.3, 0.4) is 0 Å². The number of anilines is 2. The Labute approximate surface area is 151 Å². The van der Waals surface area contributed by atoms with Gasteiger partial charge >= 0.3 is 0 Å². The molecular weight excluding hydrogens is 312 g/mol. The van der Waals surface area contributed by atoms with E-state index in [9.17, 15) is 4.79 Å². The number of nitrogens with two attached hydrogens (primary N) is 1. The first-order chi connectivity index (χ1) is 12.2. The fourth-order valence-corrected chi connectivity index (χ4v) is 4.20. The van der Waals surface area contributed by atoms with Crippen molar-refractivity contribution >= 4 is 17.8 Å². The minimum absolute atomic E-state index is 0.122. The predicted octanol–water partition coefficient (Wildman–Crippen LogP) is 2.87. The lowest BCUT2D eigenvalue weighted by Gasteiger charge is -2.41. The van der Waals surface area contributed by atoms with Crippen molar-refractivity contribution in [2.24, 2.45) is 0 Å². The highest BCUT2D eigenvalue weighted by molar-refractivity contribution is 5.64. The molecule has 0 bridgehead atoms. The molecule has 2 aliphatic rings. The van der Waals surface area contributed by atoms with Crippen LogP contribution in [0.25, 0.3) is 0 Å². The van der Waals surface area contributed by atoms with E-state index in [0.717, 1.165) is 57.8 Å². The molecule has 1 unspecified atom stereocenters. The van der Waals surface area contributed by atoms with Gasteiger partial charge in [0, 0.05) is 44.1 Å². The molecule has 2 fully saturated rings. The SMILES string of the molecule is CCCN1CCN(C=O)C(c2ccc(N)cc2N2CCCCCC2)C1. The van der Waals surface area contributed by atoms with Gasteiger partial charge in [0.1, 0.15) is 0 Å². The Hall–Kier alpha value is -1.75. The van der Waals surface area contributed by atoms with Gasteiger partial charge in [-0.2, -0.15) is 0 Å². The van der Waals surface area contributed by atoms with Crippen molar-refractivity contribution in [2.75, 3.05) is 49.9 Å². The number of amides is 1. The topological polar surface area (TPSA) is 52.8 Å². The molecule has 25 heavy (non-hydrogen) atoms. The average Bonchev–Trinajstić information content (AvgIpc) is 2.91. The van der Waals surface area contributed by atoms with Crippen molar-refractivity contribution in [3.8, 4) is 0 Å². The zero-order chi connectivity index (χ0) is 17.6. The van der Waals surface area contributed by atoms with Crippen molar-refractivity contribution in [3.63, 3.8) is 0 Å². The van der Waals surface area contributed by atoms with E-state index in [1.54, 1.807) is 0 Å². The van der Waals surface area contributed by atoms with Crippen LogP contribution in [0.5, 0.6) is 0 Å². The van der Waals surface area contributed by atoms with E-state index in [1.807, 2.05) is 11.0 Å². The number of piperazine rings is 1. The second-order valence-corrected chi connectivity index (χ2v) is 7.38. The summed E-state index contributed by atoms with van der Waals surface area (Å²) in [6.45, 7) is 8.17. The normalized spacial score (nSPS) is 22.7. The Balaban J connectivity index is 1.91. The van der Waals surface area contributed by atoms with E-state index >= 15 is 0 Å². The van der Waals surface area contributed by atoms with Gasteiger partial charge in [-0.25, -0.2) is 0 Å². The summed E-state index contributed by atoms with van der Waals surface area (Å²) in [7, 11) is 0. The number of carbonyl (C=O) groups is 1. The molecule has 2 aliphatic heterocycles. The number of nitrogen functional groups attached to an aromatic ring is 1. The molecule has 0 radical (unpaired) electrons. The van der Waals surface area contributed by atoms with Gasteiger partial charge in [-0.05, 0) is 43.5 Å². The maximum atomic E-state index is 11.7. The summed E-state index contributed by atoms with van der Waals surface area (Å²) in [5.41, 5.74) is 9.42. The summed E-state index contributed by atoms with van der Waals surface area (Å²) >= 11 is 0. The zero-order valence-electron chi connectivity index (χ0n) is 15.5. The maximum Gasteiger partial charge on any atom is 0.210 e. The smallest absolute Gasteiger partial charge is 0.210 e. The van der Waals surface area contributed by atoms with Gasteiger partial charge in [-0.3, -0.25) is 9.69 Å². The Bertz CT molecular complexity index is 569. The van der Waals surface area contributed by atoms with Gasteiger partial charge < -0.3 is 15.5 Å². The standard InChI is InChI=1S/C20H32N4O/c1-2-9-22-12-13-24(16-25)20(15-22)18-8-7-17(21)14-19(18)23-10-5-3-4-6-11-23/h7-8,14,16,20H,2-6,9-13,15,21H2,1H3. The first-order valence-corrected chi connectivity index (χ1v) is 9.80. The highest BCUT2D eigenvalue weighted by Gasteiger charge is 2.30. The van der Waals surface area contributed by atoms with Crippen LogP contribution in [-0.2, 0) is 4.79 Å². The summed E-state index contributed by atoms with van der Waals surface area (Å²) in [6, 6.07) is 6.36. The van der Waals surface area contributed by atoms with Crippen molar-refractivity contribution in [1.29, 1.82) is 0 Å². The number of hydrogen-bond acceptors (Lipinski definition) is 4. The maximum absolute atomic E-state index is 11.7. The summed E-state index contributed by atoms with van der Waals surface area (Å²) in [5.74, 6) is 0. The zero-order valence-corrected chi connectivity index (χ0v) is 15.5. The molecule has 2 N–H and O–H groups in total. The summed E-state index contributed by atoms with van der Waals surface area (Å²) in [6.07, 6.45) is 7.26. The van der Waals surface area contributed by atoms with Crippen molar-refractivity contribution in [1.82, 2.24) is 9.80 Å². The first-order valence-electron chi connectivity index (χ1n) is 9.80. The average molecular weight is 345 g/mol. The third kappa shape index (κ3) is 4.27. The van der Waals surface area contributed by atoms with E-state index in [2.05, 4.69) is 28.9 Å². The third-order valence-electron chi connectivity index (χ3n) is 5.54. The molecule has 1 aromatic carbocycles. The highest BCUT2D eigenvalue weighted by Crippen LogP contribution is 2.35. The van der Waals surface area contributed by atoms with Gasteiger partial charge in [0.25, 0.3) is 0 Å². The van der Waals surface area contributed by atoms with Crippen molar-refractivity contribution in [3.05, 3.63) is 23.8 Å². The predicted molar refractivity (Wildman–Crippen MR) is 104 cm³/mol. The lowest BCUT2D eigenvalue weighted by Crippen LogP contribution is -2.48.